The van der Waals surface area contributed by atoms with Gasteiger partial charge in [-0.05, 0) is 24.6 Å². The second kappa shape index (κ2) is 5.90. The molecule has 0 heterocycles. The first-order valence-electron chi connectivity index (χ1n) is 5.40. The van der Waals surface area contributed by atoms with Gasteiger partial charge in [0, 0.05) is 5.69 Å². The number of nitrogens with two attached hydrogens (primary N) is 1. The molecule has 0 saturated carbocycles. The van der Waals surface area contributed by atoms with E-state index in [9.17, 15) is 9.18 Å². The molecule has 0 bridgehead atoms. The first-order valence-corrected chi connectivity index (χ1v) is 5.40. The Labute approximate surface area is 100 Å². The van der Waals surface area contributed by atoms with Gasteiger partial charge in [0.15, 0.2) is 0 Å². The van der Waals surface area contributed by atoms with Gasteiger partial charge in [0.25, 0.3) is 5.91 Å². The van der Waals surface area contributed by atoms with Gasteiger partial charge in [-0.15, -0.1) is 6.42 Å². The van der Waals surface area contributed by atoms with Crippen molar-refractivity contribution in [3.63, 3.8) is 0 Å². The molecular formula is C13H15FN2O. The minimum absolute atomic E-state index is 0.112. The lowest BCUT2D eigenvalue weighted by Gasteiger charge is -2.13. The van der Waals surface area contributed by atoms with Gasteiger partial charge in [-0.3, -0.25) is 4.79 Å². The van der Waals surface area contributed by atoms with Gasteiger partial charge in [0.2, 0.25) is 0 Å². The molecule has 1 atom stereocenters. The zero-order valence-corrected chi connectivity index (χ0v) is 9.66. The highest BCUT2D eigenvalue weighted by molar-refractivity contribution is 5.99. The average Bonchev–Trinajstić information content (AvgIpc) is 2.31. The number of carbonyl (C=O) groups excluding carboxylic acids is 1. The Kier molecular flexibility index (Phi) is 4.53. The number of amides is 1. The number of halogens is 1. The standard InChI is InChI=1S/C13H15FN2O/c1-3-5-10(4-2)16-13(17)11-8-9(14)6-7-12(11)15/h2,6-8,10H,3,5,15H2,1H3,(H,16,17). The second-order valence-corrected chi connectivity index (χ2v) is 3.71. The molecule has 3 nitrogen and oxygen atoms in total. The van der Waals surface area contributed by atoms with Gasteiger partial charge < -0.3 is 11.1 Å². The molecule has 1 unspecified atom stereocenters. The zero-order chi connectivity index (χ0) is 12.8. The van der Waals surface area contributed by atoms with Crippen LogP contribution in [0.25, 0.3) is 0 Å². The number of nitrogen functional groups attached to an aromatic ring is 1. The van der Waals surface area contributed by atoms with E-state index in [0.717, 1.165) is 12.5 Å². The summed E-state index contributed by atoms with van der Waals surface area (Å²) >= 11 is 0. The van der Waals surface area contributed by atoms with E-state index in [0.29, 0.717) is 6.42 Å². The Morgan fingerprint density at radius 3 is 2.94 bits per heavy atom. The van der Waals surface area contributed by atoms with Crippen LogP contribution in [0.4, 0.5) is 10.1 Å². The zero-order valence-electron chi connectivity index (χ0n) is 9.66. The number of nitrogens with one attached hydrogen (secondary N) is 1. The predicted octanol–water partition coefficient (Wildman–Crippen LogP) is 1.94. The summed E-state index contributed by atoms with van der Waals surface area (Å²) < 4.78 is 13.0. The lowest BCUT2D eigenvalue weighted by Crippen LogP contribution is -2.34. The predicted molar refractivity (Wildman–Crippen MR) is 65.8 cm³/mol. The first-order chi connectivity index (χ1) is 8.08. The van der Waals surface area contributed by atoms with Crippen LogP contribution in [0.2, 0.25) is 0 Å². The highest BCUT2D eigenvalue weighted by Gasteiger charge is 2.14. The molecule has 0 saturated heterocycles. The molecule has 0 aliphatic rings. The number of benzene rings is 1. The number of terminal acetylenes is 1. The summed E-state index contributed by atoms with van der Waals surface area (Å²) in [5, 5.41) is 2.63. The van der Waals surface area contributed by atoms with Gasteiger partial charge in [0.05, 0.1) is 11.6 Å². The van der Waals surface area contributed by atoms with Crippen molar-refractivity contribution in [1.29, 1.82) is 0 Å². The minimum atomic E-state index is -0.503. The Hall–Kier alpha value is -2.02. The molecule has 90 valence electrons. The van der Waals surface area contributed by atoms with Gasteiger partial charge in [-0.25, -0.2) is 4.39 Å². The largest absolute Gasteiger partial charge is 0.398 e. The molecule has 1 aromatic rings. The van der Waals surface area contributed by atoms with Crippen LogP contribution < -0.4 is 11.1 Å². The third kappa shape index (κ3) is 3.49. The lowest BCUT2D eigenvalue weighted by molar-refractivity contribution is 0.0944. The Morgan fingerprint density at radius 2 is 2.35 bits per heavy atom. The van der Waals surface area contributed by atoms with Crippen LogP contribution in [0.5, 0.6) is 0 Å². The topological polar surface area (TPSA) is 55.1 Å². The van der Waals surface area contributed by atoms with Crippen molar-refractivity contribution >= 4 is 11.6 Å². The summed E-state index contributed by atoms with van der Waals surface area (Å²) in [6.45, 7) is 1.97. The summed E-state index contributed by atoms with van der Waals surface area (Å²) in [7, 11) is 0. The van der Waals surface area contributed by atoms with Gasteiger partial charge in [-0.1, -0.05) is 19.3 Å². The van der Waals surface area contributed by atoms with Crippen molar-refractivity contribution in [2.45, 2.75) is 25.8 Å². The van der Waals surface area contributed by atoms with Gasteiger partial charge >= 0.3 is 0 Å². The molecule has 17 heavy (non-hydrogen) atoms. The quantitative estimate of drug-likeness (QED) is 0.618. The smallest absolute Gasteiger partial charge is 0.254 e. The Bertz CT molecular complexity index is 451. The molecule has 0 aliphatic heterocycles. The molecule has 3 N–H and O–H groups in total. The van der Waals surface area contributed by atoms with Crippen LogP contribution in [0.3, 0.4) is 0 Å². The summed E-state index contributed by atoms with van der Waals surface area (Å²) in [5.74, 6) is 1.52. The number of carbonyl (C=O) groups is 1. The maximum Gasteiger partial charge on any atom is 0.254 e. The summed E-state index contributed by atoms with van der Waals surface area (Å²) in [6.07, 6.45) is 6.82. The van der Waals surface area contributed by atoms with Crippen LogP contribution in [0, 0.1) is 18.2 Å². The fourth-order valence-electron chi connectivity index (χ4n) is 1.45. The van der Waals surface area contributed by atoms with E-state index in [1.165, 1.54) is 12.1 Å². The lowest BCUT2D eigenvalue weighted by atomic mass is 10.1. The molecule has 0 aliphatic carbocycles. The molecule has 1 amide bonds. The first kappa shape index (κ1) is 13.0. The molecular weight excluding hydrogens is 219 g/mol. The van der Waals surface area contributed by atoms with Crippen molar-refractivity contribution in [3.05, 3.63) is 29.6 Å². The van der Waals surface area contributed by atoms with Crippen molar-refractivity contribution in [2.75, 3.05) is 5.73 Å². The van der Waals surface area contributed by atoms with Crippen LogP contribution in [-0.2, 0) is 0 Å². The Balaban J connectivity index is 2.83. The monoisotopic (exact) mass is 234 g/mol. The summed E-state index contributed by atoms with van der Waals surface area (Å²) in [5.41, 5.74) is 5.95. The maximum atomic E-state index is 13.0. The third-order valence-electron chi connectivity index (χ3n) is 2.34. The number of hydrogen-bond donors (Lipinski definition) is 2. The number of anilines is 1. The van der Waals surface area contributed by atoms with Gasteiger partial charge in [-0.2, -0.15) is 0 Å². The molecule has 1 aromatic carbocycles. The van der Waals surface area contributed by atoms with E-state index in [1.807, 2.05) is 6.92 Å². The van der Waals surface area contributed by atoms with E-state index in [4.69, 9.17) is 12.2 Å². The molecule has 0 spiro atoms. The van der Waals surface area contributed by atoms with E-state index in [-0.39, 0.29) is 17.3 Å². The van der Waals surface area contributed by atoms with Crippen molar-refractivity contribution in [3.8, 4) is 12.3 Å². The molecule has 0 radical (unpaired) electrons. The molecule has 1 rings (SSSR count). The molecule has 4 heteroatoms. The van der Waals surface area contributed by atoms with Gasteiger partial charge in [0.1, 0.15) is 5.82 Å². The Morgan fingerprint density at radius 1 is 1.65 bits per heavy atom. The minimum Gasteiger partial charge on any atom is -0.398 e. The van der Waals surface area contributed by atoms with E-state index in [1.54, 1.807) is 0 Å². The van der Waals surface area contributed by atoms with Crippen LogP contribution in [0.15, 0.2) is 18.2 Å². The SMILES string of the molecule is C#CC(CCC)NC(=O)c1cc(F)ccc1N. The second-order valence-electron chi connectivity index (χ2n) is 3.71. The molecule has 0 fully saturated rings. The highest BCUT2D eigenvalue weighted by atomic mass is 19.1. The van der Waals surface area contributed by atoms with E-state index < -0.39 is 11.7 Å². The summed E-state index contributed by atoms with van der Waals surface area (Å²) in [4.78, 5) is 11.8. The van der Waals surface area contributed by atoms with Crippen molar-refractivity contribution in [1.82, 2.24) is 5.32 Å². The number of hydrogen-bond acceptors (Lipinski definition) is 2. The van der Waals surface area contributed by atoms with Crippen LogP contribution in [0.1, 0.15) is 30.1 Å². The fourth-order valence-corrected chi connectivity index (χ4v) is 1.45. The third-order valence-corrected chi connectivity index (χ3v) is 2.34. The van der Waals surface area contributed by atoms with Crippen LogP contribution in [-0.4, -0.2) is 11.9 Å². The number of rotatable bonds is 4. The van der Waals surface area contributed by atoms with Crippen LogP contribution >= 0.6 is 0 Å². The summed E-state index contributed by atoms with van der Waals surface area (Å²) in [6, 6.07) is 3.31. The fraction of sp³-hybridized carbons (Fsp3) is 0.308. The molecule has 0 aromatic heterocycles. The van der Waals surface area contributed by atoms with E-state index >= 15 is 0 Å². The van der Waals surface area contributed by atoms with Crippen molar-refractivity contribution in [2.24, 2.45) is 0 Å². The normalized spacial score (nSPS) is 11.6. The average molecular weight is 234 g/mol. The van der Waals surface area contributed by atoms with Crippen molar-refractivity contribution < 1.29 is 9.18 Å². The highest BCUT2D eigenvalue weighted by Crippen LogP contribution is 2.13. The maximum absolute atomic E-state index is 13.0. The van der Waals surface area contributed by atoms with E-state index in [2.05, 4.69) is 11.2 Å².